The van der Waals surface area contributed by atoms with Gasteiger partial charge in [0.2, 0.25) is 0 Å². The summed E-state index contributed by atoms with van der Waals surface area (Å²) in [4.78, 5) is 0. The largest absolute Gasteiger partial charge is 0.497 e. The van der Waals surface area contributed by atoms with E-state index in [1.807, 2.05) is 97.1 Å². The number of nitrogens with one attached hydrogen (secondary N) is 3. The summed E-state index contributed by atoms with van der Waals surface area (Å²) in [6.45, 7) is 11.3. The Labute approximate surface area is 356 Å². The minimum atomic E-state index is 0.0313. The molecule has 8 rings (SSSR count). The van der Waals surface area contributed by atoms with Crippen LogP contribution >= 0.6 is 0 Å². The molecule has 0 bridgehead atoms. The van der Waals surface area contributed by atoms with Crippen molar-refractivity contribution in [2.75, 3.05) is 44.4 Å². The molecule has 0 amide bonds. The van der Waals surface area contributed by atoms with Crippen molar-refractivity contribution in [2.45, 2.75) is 45.4 Å². The lowest BCUT2D eigenvalue weighted by molar-refractivity contribution is 0.414. The van der Waals surface area contributed by atoms with Gasteiger partial charge in [0.15, 0.2) is 0 Å². The Morgan fingerprint density at radius 1 is 0.367 bits per heavy atom. The predicted octanol–water partition coefficient (Wildman–Crippen LogP) is 13.9. The molecule has 0 heterocycles. The Morgan fingerprint density at radius 3 is 1.05 bits per heavy atom. The highest BCUT2D eigenvalue weighted by Gasteiger charge is 2.35. The van der Waals surface area contributed by atoms with Gasteiger partial charge in [-0.2, -0.15) is 0 Å². The molecule has 7 aromatic rings. The van der Waals surface area contributed by atoms with Crippen LogP contribution in [0.3, 0.4) is 0 Å². The highest BCUT2D eigenvalue weighted by atomic mass is 16.5. The maximum absolute atomic E-state index is 5.22. The van der Waals surface area contributed by atoms with Crippen LogP contribution in [0.2, 0.25) is 0 Å². The van der Waals surface area contributed by atoms with E-state index in [-0.39, 0.29) is 10.8 Å². The lowest BCUT2D eigenvalue weighted by Gasteiger charge is -2.22. The van der Waals surface area contributed by atoms with Crippen molar-refractivity contribution in [2.24, 2.45) is 0 Å². The molecular formula is C53H57N3O4. The van der Waals surface area contributed by atoms with Gasteiger partial charge in [-0.15, -0.1) is 0 Å². The lowest BCUT2D eigenvalue weighted by Crippen LogP contribution is -2.15. The number of ether oxygens (including phenoxy) is 4. The number of fused-ring (bicyclic) bond motifs is 3. The van der Waals surface area contributed by atoms with Crippen LogP contribution < -0.4 is 34.9 Å². The van der Waals surface area contributed by atoms with E-state index in [4.69, 9.17) is 18.9 Å². The second kappa shape index (κ2) is 19.3. The molecule has 308 valence electrons. The van der Waals surface area contributed by atoms with E-state index in [9.17, 15) is 0 Å². The third kappa shape index (κ3) is 10.8. The van der Waals surface area contributed by atoms with Crippen LogP contribution in [0.15, 0.2) is 164 Å². The molecule has 7 nitrogen and oxygen atoms in total. The van der Waals surface area contributed by atoms with Gasteiger partial charge in [0.1, 0.15) is 23.0 Å². The van der Waals surface area contributed by atoms with Gasteiger partial charge in [-0.3, -0.25) is 0 Å². The normalized spacial score (nSPS) is 11.9. The summed E-state index contributed by atoms with van der Waals surface area (Å²) < 4.78 is 20.6. The summed E-state index contributed by atoms with van der Waals surface area (Å²) in [6, 6.07) is 55.5. The molecule has 1 aliphatic carbocycles. The Kier molecular flexibility index (Phi) is 13.7. The molecule has 0 fully saturated rings. The first-order valence-electron chi connectivity index (χ1n) is 20.1. The molecule has 0 spiro atoms. The maximum Gasteiger partial charge on any atom is 0.119 e. The first-order valence-corrected chi connectivity index (χ1v) is 20.1. The lowest BCUT2D eigenvalue weighted by atomic mass is 9.82. The highest BCUT2D eigenvalue weighted by Crippen LogP contribution is 2.49. The second-order valence-corrected chi connectivity index (χ2v) is 16.0. The van der Waals surface area contributed by atoms with Crippen LogP contribution in [-0.4, -0.2) is 28.4 Å². The Hall–Kier alpha value is -6.86. The third-order valence-corrected chi connectivity index (χ3v) is 10.6. The van der Waals surface area contributed by atoms with Crippen LogP contribution in [0.1, 0.15) is 51.3 Å². The average Bonchev–Trinajstić information content (AvgIpc) is 3.50. The van der Waals surface area contributed by atoms with Gasteiger partial charge in [0.05, 0.1) is 28.4 Å². The van der Waals surface area contributed by atoms with Crippen molar-refractivity contribution in [3.63, 3.8) is 0 Å². The molecule has 60 heavy (non-hydrogen) atoms. The minimum Gasteiger partial charge on any atom is -0.497 e. The summed E-state index contributed by atoms with van der Waals surface area (Å²) in [5.74, 6) is 3.44. The van der Waals surface area contributed by atoms with Gasteiger partial charge in [-0.05, 0) is 155 Å². The number of benzene rings is 7. The van der Waals surface area contributed by atoms with E-state index in [1.54, 1.807) is 28.4 Å². The third-order valence-electron chi connectivity index (χ3n) is 10.6. The van der Waals surface area contributed by atoms with Gasteiger partial charge in [0, 0.05) is 39.5 Å². The smallest absolute Gasteiger partial charge is 0.119 e. The Balaban J connectivity index is 0.000000154. The van der Waals surface area contributed by atoms with Gasteiger partial charge in [-0.1, -0.05) is 77.1 Å². The molecule has 0 atom stereocenters. The molecule has 0 aromatic heterocycles. The fraction of sp³-hybridized carbons (Fsp3) is 0.208. The van der Waals surface area contributed by atoms with Crippen molar-refractivity contribution in [1.29, 1.82) is 0 Å². The van der Waals surface area contributed by atoms with Crippen LogP contribution in [0, 0.1) is 0 Å². The van der Waals surface area contributed by atoms with Crippen LogP contribution in [0.4, 0.5) is 34.1 Å². The Bertz CT molecular complexity index is 2370. The zero-order valence-corrected chi connectivity index (χ0v) is 36.2. The topological polar surface area (TPSA) is 73.0 Å². The van der Waals surface area contributed by atoms with E-state index >= 15 is 0 Å². The van der Waals surface area contributed by atoms with Crippen molar-refractivity contribution in [3.05, 3.63) is 180 Å². The number of hydrogen-bond acceptors (Lipinski definition) is 7. The maximum atomic E-state index is 5.22. The zero-order chi connectivity index (χ0) is 42.7. The number of methoxy groups -OCH3 is 4. The first kappa shape index (κ1) is 42.7. The molecule has 7 heteroatoms. The summed E-state index contributed by atoms with van der Waals surface area (Å²) in [5.41, 5.74) is 13.4. The summed E-state index contributed by atoms with van der Waals surface area (Å²) in [5, 5.41) is 10.2. The minimum absolute atomic E-state index is 0.0313. The van der Waals surface area contributed by atoms with E-state index < -0.39 is 0 Å². The fourth-order valence-corrected chi connectivity index (χ4v) is 7.03. The quantitative estimate of drug-likeness (QED) is 0.127. The number of anilines is 6. The zero-order valence-electron chi connectivity index (χ0n) is 36.2. The SMILES string of the molecule is COc1ccc(Nc2ccc(C(C)(C)C)cc2)cc1.COc1ccc(Nc2ccc(OC)cc2)cc1.COc1ccc(Nc2ccc3c(c2)C(C)(C)c2ccccc2-3)cc1. The standard InChI is InChI=1S/C22H21NO.C17H21NO.C14H15NO2/c1-22(2)20-7-5-4-6-18(20)19-13-10-16(14-21(19)22)23-15-8-11-17(24-3)12-9-15;1-17(2,3)13-5-7-14(8-6-13)18-15-9-11-16(19-4)12-10-15;1-16-13-7-3-11(4-8-13)15-12-5-9-14(17-2)10-6-12/h4-14,23H,1-3H3;5-12,18H,1-4H3;3-10,15H,1-2H3. The van der Waals surface area contributed by atoms with E-state index in [1.165, 1.54) is 27.8 Å². The van der Waals surface area contributed by atoms with Crippen LogP contribution in [-0.2, 0) is 10.8 Å². The van der Waals surface area contributed by atoms with Crippen LogP contribution in [0.5, 0.6) is 23.0 Å². The molecule has 0 unspecified atom stereocenters. The molecule has 0 radical (unpaired) electrons. The second-order valence-electron chi connectivity index (χ2n) is 16.0. The molecule has 3 N–H and O–H groups in total. The predicted molar refractivity (Wildman–Crippen MR) is 251 cm³/mol. The van der Waals surface area contributed by atoms with Gasteiger partial charge < -0.3 is 34.9 Å². The average molecular weight is 800 g/mol. The Morgan fingerprint density at radius 2 is 0.683 bits per heavy atom. The molecular weight excluding hydrogens is 743 g/mol. The number of rotatable bonds is 10. The monoisotopic (exact) mass is 799 g/mol. The van der Waals surface area contributed by atoms with E-state index in [2.05, 4.69) is 117 Å². The van der Waals surface area contributed by atoms with Crippen molar-refractivity contribution in [1.82, 2.24) is 0 Å². The molecule has 0 saturated carbocycles. The van der Waals surface area contributed by atoms with E-state index in [0.717, 1.165) is 57.1 Å². The van der Waals surface area contributed by atoms with Gasteiger partial charge in [0.25, 0.3) is 0 Å². The molecule has 0 aliphatic heterocycles. The van der Waals surface area contributed by atoms with Gasteiger partial charge in [-0.25, -0.2) is 0 Å². The molecule has 0 saturated heterocycles. The van der Waals surface area contributed by atoms with Crippen molar-refractivity contribution < 1.29 is 18.9 Å². The van der Waals surface area contributed by atoms with Gasteiger partial charge >= 0.3 is 0 Å². The van der Waals surface area contributed by atoms with Crippen molar-refractivity contribution in [3.8, 4) is 34.1 Å². The number of hydrogen-bond donors (Lipinski definition) is 3. The summed E-state index contributed by atoms with van der Waals surface area (Å²) >= 11 is 0. The molecule has 1 aliphatic rings. The summed E-state index contributed by atoms with van der Waals surface area (Å²) in [6.07, 6.45) is 0. The van der Waals surface area contributed by atoms with Crippen LogP contribution in [0.25, 0.3) is 11.1 Å². The summed E-state index contributed by atoms with van der Waals surface area (Å²) in [7, 11) is 6.67. The van der Waals surface area contributed by atoms with Crippen molar-refractivity contribution >= 4 is 34.1 Å². The fourth-order valence-electron chi connectivity index (χ4n) is 7.03. The molecule has 7 aromatic carbocycles. The highest BCUT2D eigenvalue weighted by molar-refractivity contribution is 5.83. The van der Waals surface area contributed by atoms with E-state index in [0.29, 0.717) is 0 Å². The first-order chi connectivity index (χ1) is 28.9.